The molecule has 0 atom stereocenters. The molecular weight excluding hydrogens is 250 g/mol. The Morgan fingerprint density at radius 2 is 2.12 bits per heavy atom. The molecule has 1 nitrogen and oxygen atoms in total. The molecule has 0 aliphatic rings. The lowest BCUT2D eigenvalue weighted by molar-refractivity contribution is 0.728. The molecule has 17 heavy (non-hydrogen) atoms. The molecule has 0 saturated heterocycles. The van der Waals surface area contributed by atoms with E-state index in [2.05, 4.69) is 42.7 Å². The zero-order chi connectivity index (χ0) is 12.3. The third-order valence-electron chi connectivity index (χ3n) is 2.68. The van der Waals surface area contributed by atoms with Gasteiger partial charge < -0.3 is 5.32 Å². The van der Waals surface area contributed by atoms with Crippen molar-refractivity contribution in [1.82, 2.24) is 5.32 Å². The van der Waals surface area contributed by atoms with E-state index in [4.69, 9.17) is 11.6 Å². The van der Waals surface area contributed by atoms with Gasteiger partial charge in [0.2, 0.25) is 0 Å². The van der Waals surface area contributed by atoms with Crippen molar-refractivity contribution in [2.45, 2.75) is 20.4 Å². The Kier molecular flexibility index (Phi) is 4.21. The zero-order valence-electron chi connectivity index (χ0n) is 10.1. The van der Waals surface area contributed by atoms with Gasteiger partial charge in [-0.05, 0) is 53.7 Å². The molecule has 1 N–H and O–H groups in total. The molecule has 1 heterocycles. The quantitative estimate of drug-likeness (QED) is 0.859. The summed E-state index contributed by atoms with van der Waals surface area (Å²) in [5, 5.41) is 6.35. The van der Waals surface area contributed by atoms with Gasteiger partial charge in [-0.2, -0.15) is 0 Å². The minimum atomic E-state index is 0.795. The van der Waals surface area contributed by atoms with Crippen molar-refractivity contribution in [3.8, 4) is 11.1 Å². The Bertz CT molecular complexity index is 505. The first-order valence-corrected chi connectivity index (χ1v) is 7.01. The second kappa shape index (κ2) is 5.67. The van der Waals surface area contributed by atoms with Gasteiger partial charge in [0.1, 0.15) is 0 Å². The van der Waals surface area contributed by atoms with Crippen LogP contribution < -0.4 is 5.32 Å². The van der Waals surface area contributed by atoms with Crippen LogP contribution in [-0.2, 0) is 6.54 Å². The first kappa shape index (κ1) is 12.6. The summed E-state index contributed by atoms with van der Waals surface area (Å²) in [4.78, 5) is 1.33. The van der Waals surface area contributed by atoms with Crippen LogP contribution in [0, 0.1) is 6.92 Å². The predicted molar refractivity (Wildman–Crippen MR) is 76.9 cm³/mol. The predicted octanol–water partition coefficient (Wildman–Crippen LogP) is 4.49. The summed E-state index contributed by atoms with van der Waals surface area (Å²) < 4.78 is 0. The highest BCUT2D eigenvalue weighted by Crippen LogP contribution is 2.30. The number of benzene rings is 1. The molecule has 0 saturated carbocycles. The Hall–Kier alpha value is -0.830. The van der Waals surface area contributed by atoms with E-state index in [1.807, 2.05) is 6.07 Å². The van der Waals surface area contributed by atoms with Crippen LogP contribution in [0.15, 0.2) is 29.6 Å². The van der Waals surface area contributed by atoms with Crippen LogP contribution in [0.5, 0.6) is 0 Å². The van der Waals surface area contributed by atoms with Gasteiger partial charge in [-0.3, -0.25) is 0 Å². The maximum atomic E-state index is 6.09. The molecule has 2 rings (SSSR count). The van der Waals surface area contributed by atoms with Gasteiger partial charge in [0, 0.05) is 16.4 Å². The van der Waals surface area contributed by atoms with Crippen molar-refractivity contribution in [1.29, 1.82) is 0 Å². The van der Waals surface area contributed by atoms with Gasteiger partial charge in [0.15, 0.2) is 0 Å². The number of hydrogen-bond acceptors (Lipinski definition) is 2. The highest BCUT2D eigenvalue weighted by Gasteiger charge is 2.07. The van der Waals surface area contributed by atoms with Crippen LogP contribution in [0.1, 0.15) is 17.4 Å². The molecule has 0 aliphatic heterocycles. The van der Waals surface area contributed by atoms with Crippen LogP contribution in [0.4, 0.5) is 0 Å². The van der Waals surface area contributed by atoms with E-state index < -0.39 is 0 Å². The molecule has 2 aromatic rings. The van der Waals surface area contributed by atoms with Crippen LogP contribution in [0.2, 0.25) is 5.02 Å². The van der Waals surface area contributed by atoms with Crippen molar-refractivity contribution >= 4 is 22.9 Å². The summed E-state index contributed by atoms with van der Waals surface area (Å²) in [6.45, 7) is 6.11. The largest absolute Gasteiger partial charge is 0.313 e. The van der Waals surface area contributed by atoms with E-state index in [-0.39, 0.29) is 0 Å². The molecule has 0 amide bonds. The molecule has 1 aromatic heterocycles. The second-order valence-electron chi connectivity index (χ2n) is 4.03. The van der Waals surface area contributed by atoms with E-state index in [0.717, 1.165) is 18.1 Å². The van der Waals surface area contributed by atoms with Gasteiger partial charge in [-0.1, -0.05) is 24.6 Å². The van der Waals surface area contributed by atoms with Crippen LogP contribution in [0.3, 0.4) is 0 Å². The minimum absolute atomic E-state index is 0.795. The molecule has 0 spiro atoms. The number of hydrogen-bond donors (Lipinski definition) is 1. The van der Waals surface area contributed by atoms with Crippen molar-refractivity contribution in [2.75, 3.05) is 6.54 Å². The number of thiophene rings is 1. The summed E-state index contributed by atoms with van der Waals surface area (Å²) >= 11 is 7.86. The Labute approximate surface area is 111 Å². The molecule has 1 aromatic carbocycles. The molecule has 0 fully saturated rings. The van der Waals surface area contributed by atoms with E-state index >= 15 is 0 Å². The van der Waals surface area contributed by atoms with Crippen molar-refractivity contribution in [3.05, 3.63) is 45.1 Å². The highest BCUT2D eigenvalue weighted by molar-refractivity contribution is 7.10. The van der Waals surface area contributed by atoms with Crippen molar-refractivity contribution in [3.63, 3.8) is 0 Å². The van der Waals surface area contributed by atoms with E-state index in [9.17, 15) is 0 Å². The molecule has 0 aliphatic carbocycles. The molecule has 90 valence electrons. The second-order valence-corrected chi connectivity index (χ2v) is 5.58. The molecule has 0 unspecified atom stereocenters. The summed E-state index contributed by atoms with van der Waals surface area (Å²) in [6, 6.07) is 8.33. The fraction of sp³-hybridized carbons (Fsp3) is 0.286. The average Bonchev–Trinajstić information content (AvgIpc) is 2.74. The lowest BCUT2D eigenvalue weighted by atomic mass is 10.0. The zero-order valence-corrected chi connectivity index (χ0v) is 11.7. The third-order valence-corrected chi connectivity index (χ3v) is 3.78. The summed E-state index contributed by atoms with van der Waals surface area (Å²) in [7, 11) is 0. The normalized spacial score (nSPS) is 10.8. The van der Waals surface area contributed by atoms with Crippen LogP contribution in [0.25, 0.3) is 11.1 Å². The van der Waals surface area contributed by atoms with Gasteiger partial charge in [-0.25, -0.2) is 0 Å². The Balaban J connectivity index is 2.39. The van der Waals surface area contributed by atoms with E-state index in [1.165, 1.54) is 21.6 Å². The fourth-order valence-corrected chi connectivity index (χ4v) is 2.69. The minimum Gasteiger partial charge on any atom is -0.313 e. The lowest BCUT2D eigenvalue weighted by Crippen LogP contribution is -2.12. The SMILES string of the molecule is CCNCc1ccc(Cl)cc1-c1csc(C)c1. The van der Waals surface area contributed by atoms with Crippen molar-refractivity contribution in [2.24, 2.45) is 0 Å². The number of rotatable bonds is 4. The molecule has 0 bridgehead atoms. The van der Waals surface area contributed by atoms with Gasteiger partial charge in [0.25, 0.3) is 0 Å². The fourth-order valence-electron chi connectivity index (χ4n) is 1.82. The summed E-state index contributed by atoms with van der Waals surface area (Å²) in [6.07, 6.45) is 0. The van der Waals surface area contributed by atoms with E-state index in [1.54, 1.807) is 11.3 Å². The monoisotopic (exact) mass is 265 g/mol. The molecular formula is C14H16ClNS. The maximum Gasteiger partial charge on any atom is 0.0412 e. The topological polar surface area (TPSA) is 12.0 Å². The molecule has 3 heteroatoms. The van der Waals surface area contributed by atoms with Gasteiger partial charge in [0.05, 0.1) is 0 Å². The van der Waals surface area contributed by atoms with Gasteiger partial charge >= 0.3 is 0 Å². The lowest BCUT2D eigenvalue weighted by Gasteiger charge is -2.09. The van der Waals surface area contributed by atoms with Crippen LogP contribution in [-0.4, -0.2) is 6.54 Å². The third kappa shape index (κ3) is 3.09. The highest BCUT2D eigenvalue weighted by atomic mass is 35.5. The van der Waals surface area contributed by atoms with Gasteiger partial charge in [-0.15, -0.1) is 11.3 Å². The summed E-state index contributed by atoms with van der Waals surface area (Å²) in [5.74, 6) is 0. The average molecular weight is 266 g/mol. The standard InChI is InChI=1S/C14H16ClNS/c1-3-16-8-11-4-5-13(15)7-14(11)12-6-10(2)17-9-12/h4-7,9,16H,3,8H2,1-2H3. The first-order valence-electron chi connectivity index (χ1n) is 5.75. The van der Waals surface area contributed by atoms with E-state index in [0.29, 0.717) is 0 Å². The van der Waals surface area contributed by atoms with Crippen LogP contribution >= 0.6 is 22.9 Å². The Morgan fingerprint density at radius 3 is 2.76 bits per heavy atom. The molecule has 0 radical (unpaired) electrons. The Morgan fingerprint density at radius 1 is 1.29 bits per heavy atom. The smallest absolute Gasteiger partial charge is 0.0412 e. The first-order chi connectivity index (χ1) is 8.20. The van der Waals surface area contributed by atoms with Crippen molar-refractivity contribution < 1.29 is 0 Å². The number of nitrogens with one attached hydrogen (secondary N) is 1. The number of aryl methyl sites for hydroxylation is 1. The summed E-state index contributed by atoms with van der Waals surface area (Å²) in [5.41, 5.74) is 3.81. The maximum absolute atomic E-state index is 6.09. The number of halogens is 1.